The Hall–Kier alpha value is -1.93. The maximum absolute atomic E-state index is 12.0. The van der Waals surface area contributed by atoms with Gasteiger partial charge in [-0.1, -0.05) is 6.92 Å². The zero-order valence-electron chi connectivity index (χ0n) is 12.0. The van der Waals surface area contributed by atoms with Crippen LogP contribution in [0, 0.1) is 0 Å². The third kappa shape index (κ3) is 5.92. The fourth-order valence-corrected chi connectivity index (χ4v) is 2.55. The van der Waals surface area contributed by atoms with Crippen LogP contribution in [-0.4, -0.2) is 33.3 Å². The lowest BCUT2D eigenvalue weighted by atomic mass is 10.3. The van der Waals surface area contributed by atoms with E-state index in [1.807, 2.05) is 0 Å². The molecule has 0 aromatic heterocycles. The van der Waals surface area contributed by atoms with Crippen LogP contribution in [0.1, 0.15) is 20.3 Å². The van der Waals surface area contributed by atoms with Gasteiger partial charge in [-0.2, -0.15) is 0 Å². The van der Waals surface area contributed by atoms with E-state index >= 15 is 0 Å². The van der Waals surface area contributed by atoms with E-state index in [1.54, 1.807) is 6.92 Å². The molecule has 0 aliphatic rings. The number of nitrogens with one attached hydrogen (secondary N) is 3. The van der Waals surface area contributed by atoms with Gasteiger partial charge in [0.2, 0.25) is 21.8 Å². The molecular formula is C13H19N3O4S. The first kappa shape index (κ1) is 17.1. The molecule has 0 aliphatic heterocycles. The molecule has 1 rings (SSSR count). The summed E-state index contributed by atoms with van der Waals surface area (Å²) in [5.41, 5.74) is 0.525. The van der Waals surface area contributed by atoms with Gasteiger partial charge in [0.15, 0.2) is 0 Å². The van der Waals surface area contributed by atoms with Gasteiger partial charge in [-0.3, -0.25) is 9.59 Å². The molecular weight excluding hydrogens is 294 g/mol. The summed E-state index contributed by atoms with van der Waals surface area (Å²) in [4.78, 5) is 22.0. The van der Waals surface area contributed by atoms with E-state index in [2.05, 4.69) is 15.4 Å². The van der Waals surface area contributed by atoms with Crippen molar-refractivity contribution >= 4 is 27.5 Å². The van der Waals surface area contributed by atoms with Crippen molar-refractivity contribution in [1.29, 1.82) is 0 Å². The van der Waals surface area contributed by atoms with E-state index < -0.39 is 10.0 Å². The summed E-state index contributed by atoms with van der Waals surface area (Å²) in [5, 5.41) is 5.13. The van der Waals surface area contributed by atoms with Crippen LogP contribution >= 0.6 is 0 Å². The zero-order chi connectivity index (χ0) is 15.9. The highest BCUT2D eigenvalue weighted by molar-refractivity contribution is 7.89. The molecule has 0 heterocycles. The van der Waals surface area contributed by atoms with Crippen molar-refractivity contribution in [2.24, 2.45) is 0 Å². The largest absolute Gasteiger partial charge is 0.355 e. The average Bonchev–Trinajstić information content (AvgIpc) is 2.43. The van der Waals surface area contributed by atoms with Crippen LogP contribution in [0.2, 0.25) is 0 Å². The number of rotatable bonds is 7. The van der Waals surface area contributed by atoms with Crippen LogP contribution in [0.5, 0.6) is 0 Å². The van der Waals surface area contributed by atoms with E-state index in [0.29, 0.717) is 12.1 Å². The fourth-order valence-electron chi connectivity index (χ4n) is 1.52. The summed E-state index contributed by atoms with van der Waals surface area (Å²) < 4.78 is 26.3. The molecule has 0 fully saturated rings. The van der Waals surface area contributed by atoms with Gasteiger partial charge in [0.25, 0.3) is 0 Å². The molecule has 0 atom stereocenters. The number of amides is 2. The third-order valence-electron chi connectivity index (χ3n) is 2.55. The second-order valence-corrected chi connectivity index (χ2v) is 6.07. The van der Waals surface area contributed by atoms with Gasteiger partial charge in [-0.05, 0) is 24.3 Å². The van der Waals surface area contributed by atoms with Crippen molar-refractivity contribution in [2.75, 3.05) is 18.4 Å². The van der Waals surface area contributed by atoms with Gasteiger partial charge in [-0.25, -0.2) is 13.1 Å². The summed E-state index contributed by atoms with van der Waals surface area (Å²) in [6, 6.07) is 5.82. The summed E-state index contributed by atoms with van der Waals surface area (Å²) in [5.74, 6) is -0.357. The second kappa shape index (κ2) is 7.75. The predicted octanol–water partition coefficient (Wildman–Crippen LogP) is 0.449. The Kier molecular flexibility index (Phi) is 6.32. The molecule has 2 amide bonds. The number of hydrogen-bond donors (Lipinski definition) is 3. The first-order valence-electron chi connectivity index (χ1n) is 6.49. The number of hydrogen-bond acceptors (Lipinski definition) is 4. The lowest BCUT2D eigenvalue weighted by Gasteiger charge is -2.08. The molecule has 3 N–H and O–H groups in total. The fraction of sp³-hybridized carbons (Fsp3) is 0.385. The maximum atomic E-state index is 12.0. The topological polar surface area (TPSA) is 104 Å². The van der Waals surface area contributed by atoms with Crippen LogP contribution in [0.25, 0.3) is 0 Å². The zero-order valence-corrected chi connectivity index (χ0v) is 12.8. The molecule has 0 unspecified atom stereocenters. The standard InChI is InChI=1S/C13H19N3O4S/c1-3-13(18)14-8-9-15-21(19,20)12-6-4-11(5-7-12)16-10(2)17/h4-7,15H,3,8-9H2,1-2H3,(H,14,18)(H,16,17). The molecule has 1 aromatic carbocycles. The SMILES string of the molecule is CCC(=O)NCCNS(=O)(=O)c1ccc(NC(C)=O)cc1. The Morgan fingerprint density at radius 2 is 1.71 bits per heavy atom. The van der Waals surface area contributed by atoms with Gasteiger partial charge < -0.3 is 10.6 Å². The van der Waals surface area contributed by atoms with Crippen molar-refractivity contribution in [3.8, 4) is 0 Å². The molecule has 116 valence electrons. The van der Waals surface area contributed by atoms with E-state index in [-0.39, 0.29) is 29.8 Å². The van der Waals surface area contributed by atoms with Crippen molar-refractivity contribution in [3.05, 3.63) is 24.3 Å². The quantitative estimate of drug-likeness (QED) is 0.636. The highest BCUT2D eigenvalue weighted by Gasteiger charge is 2.13. The molecule has 21 heavy (non-hydrogen) atoms. The second-order valence-electron chi connectivity index (χ2n) is 4.31. The lowest BCUT2D eigenvalue weighted by molar-refractivity contribution is -0.120. The van der Waals surface area contributed by atoms with E-state index in [9.17, 15) is 18.0 Å². The number of carbonyl (C=O) groups is 2. The molecule has 1 aromatic rings. The highest BCUT2D eigenvalue weighted by atomic mass is 32.2. The molecule has 0 saturated carbocycles. The number of anilines is 1. The molecule has 7 nitrogen and oxygen atoms in total. The molecule has 0 radical (unpaired) electrons. The van der Waals surface area contributed by atoms with Crippen molar-refractivity contribution < 1.29 is 18.0 Å². The Bertz CT molecular complexity index is 596. The van der Waals surface area contributed by atoms with Crippen molar-refractivity contribution in [2.45, 2.75) is 25.2 Å². The molecule has 8 heteroatoms. The highest BCUT2D eigenvalue weighted by Crippen LogP contribution is 2.13. The average molecular weight is 313 g/mol. The minimum atomic E-state index is -3.62. The van der Waals surface area contributed by atoms with Crippen LogP contribution < -0.4 is 15.4 Å². The smallest absolute Gasteiger partial charge is 0.240 e. The predicted molar refractivity (Wildman–Crippen MR) is 79.2 cm³/mol. The Morgan fingerprint density at radius 3 is 2.24 bits per heavy atom. The first-order valence-corrected chi connectivity index (χ1v) is 7.97. The molecule has 0 bridgehead atoms. The summed E-state index contributed by atoms with van der Waals surface area (Å²) in [7, 11) is -3.62. The Balaban J connectivity index is 2.57. The normalized spacial score (nSPS) is 11.0. The minimum absolute atomic E-state index is 0.0958. The Labute approximate surface area is 124 Å². The summed E-state index contributed by atoms with van der Waals surface area (Å²) in [6.07, 6.45) is 0.358. The van der Waals surface area contributed by atoms with Gasteiger partial charge in [-0.15, -0.1) is 0 Å². The first-order chi connectivity index (χ1) is 9.85. The van der Waals surface area contributed by atoms with E-state index in [4.69, 9.17) is 0 Å². The van der Waals surface area contributed by atoms with Gasteiger partial charge in [0.05, 0.1) is 4.90 Å². The van der Waals surface area contributed by atoms with Crippen LogP contribution in [-0.2, 0) is 19.6 Å². The lowest BCUT2D eigenvalue weighted by Crippen LogP contribution is -2.34. The van der Waals surface area contributed by atoms with Crippen molar-refractivity contribution in [3.63, 3.8) is 0 Å². The molecule has 0 saturated heterocycles. The van der Waals surface area contributed by atoms with E-state index in [1.165, 1.54) is 31.2 Å². The van der Waals surface area contributed by atoms with Crippen LogP contribution in [0.15, 0.2) is 29.2 Å². The molecule has 0 spiro atoms. The van der Waals surface area contributed by atoms with Crippen LogP contribution in [0.3, 0.4) is 0 Å². The van der Waals surface area contributed by atoms with Crippen molar-refractivity contribution in [1.82, 2.24) is 10.0 Å². The van der Waals surface area contributed by atoms with Crippen LogP contribution in [0.4, 0.5) is 5.69 Å². The van der Waals surface area contributed by atoms with E-state index in [0.717, 1.165) is 0 Å². The Morgan fingerprint density at radius 1 is 1.10 bits per heavy atom. The number of benzene rings is 1. The monoisotopic (exact) mass is 313 g/mol. The summed E-state index contributed by atoms with van der Waals surface area (Å²) >= 11 is 0. The third-order valence-corrected chi connectivity index (χ3v) is 4.02. The maximum Gasteiger partial charge on any atom is 0.240 e. The minimum Gasteiger partial charge on any atom is -0.355 e. The summed E-state index contributed by atoms with van der Waals surface area (Å²) in [6.45, 7) is 3.43. The van der Waals surface area contributed by atoms with Gasteiger partial charge in [0, 0.05) is 32.1 Å². The van der Waals surface area contributed by atoms with Gasteiger partial charge >= 0.3 is 0 Å². The number of carbonyl (C=O) groups excluding carboxylic acids is 2. The number of sulfonamides is 1. The van der Waals surface area contributed by atoms with Gasteiger partial charge in [0.1, 0.15) is 0 Å². The molecule has 0 aliphatic carbocycles.